The summed E-state index contributed by atoms with van der Waals surface area (Å²) in [6, 6.07) is 7.12. The summed E-state index contributed by atoms with van der Waals surface area (Å²) < 4.78 is 26.3. The number of nitrogens with one attached hydrogen (secondary N) is 1. The number of carbonyl (C=O) groups excluding carboxylic acids is 2. The number of likely N-dealkylation sites (N-methyl/N-ethyl adjacent to an activating group) is 1. The minimum atomic E-state index is -0.591. The second-order valence-corrected chi connectivity index (χ2v) is 9.55. The molecule has 2 amide bonds. The third kappa shape index (κ3) is 4.72. The molecule has 3 atom stereocenters. The molecule has 2 aliphatic rings. The number of nitrogens with zero attached hydrogens (tertiary/aromatic N) is 4. The number of fused-ring (bicyclic) bond motifs is 1. The largest absolute Gasteiger partial charge is 0.493 e. The summed E-state index contributed by atoms with van der Waals surface area (Å²) >= 11 is 5.92. The van der Waals surface area contributed by atoms with Crippen LogP contribution in [0.4, 0.5) is 15.9 Å². The van der Waals surface area contributed by atoms with Crippen molar-refractivity contribution in [1.82, 2.24) is 19.8 Å². The Labute approximate surface area is 217 Å². The van der Waals surface area contributed by atoms with Crippen LogP contribution in [0.2, 0.25) is 5.02 Å². The van der Waals surface area contributed by atoms with Gasteiger partial charge in [0.25, 0.3) is 0 Å². The Bertz CT molecular complexity index is 1370. The van der Waals surface area contributed by atoms with Crippen LogP contribution in [0.1, 0.15) is 12.8 Å². The summed E-state index contributed by atoms with van der Waals surface area (Å²) in [6.07, 6.45) is 2.07. The second-order valence-electron chi connectivity index (χ2n) is 9.14. The molecule has 12 heteroatoms. The molecule has 2 aliphatic heterocycles. The van der Waals surface area contributed by atoms with Gasteiger partial charge in [-0.05, 0) is 31.7 Å². The minimum absolute atomic E-state index is 0.0103. The van der Waals surface area contributed by atoms with E-state index in [1.165, 1.54) is 24.4 Å². The van der Waals surface area contributed by atoms with Crippen molar-refractivity contribution in [2.45, 2.75) is 31.0 Å². The monoisotopic (exact) mass is 528 g/mol. The highest BCUT2D eigenvalue weighted by molar-refractivity contribution is 6.31. The molecule has 194 valence electrons. The van der Waals surface area contributed by atoms with Gasteiger partial charge in [0.1, 0.15) is 24.3 Å². The maximum atomic E-state index is 14.5. The number of likely N-dealkylation sites (tertiary alicyclic amines) is 2. The van der Waals surface area contributed by atoms with E-state index < -0.39 is 23.8 Å². The van der Waals surface area contributed by atoms with Crippen LogP contribution in [0.5, 0.6) is 11.5 Å². The van der Waals surface area contributed by atoms with Crippen molar-refractivity contribution in [3.8, 4) is 11.5 Å². The Morgan fingerprint density at radius 3 is 2.73 bits per heavy atom. The average molecular weight is 529 g/mol. The highest BCUT2D eigenvalue weighted by Crippen LogP contribution is 2.37. The Morgan fingerprint density at radius 1 is 1.22 bits per heavy atom. The predicted molar refractivity (Wildman–Crippen MR) is 136 cm³/mol. The highest BCUT2D eigenvalue weighted by atomic mass is 35.5. The number of hydrogen-bond acceptors (Lipinski definition) is 8. The van der Waals surface area contributed by atoms with Crippen molar-refractivity contribution in [2.75, 3.05) is 32.6 Å². The summed E-state index contributed by atoms with van der Waals surface area (Å²) in [6.45, 7) is 1.01. The lowest BCUT2D eigenvalue weighted by Gasteiger charge is -2.41. The van der Waals surface area contributed by atoms with Gasteiger partial charge < -0.3 is 25.4 Å². The SMILES string of the molecule is COc1cc2ncnc(Nc3cccc(Cl)c3F)c2cc1O[C@H]1C[C@@H](C(=O)N2CCC2C(N)=O)N(C)C1. The number of halogens is 2. The van der Waals surface area contributed by atoms with Crippen LogP contribution < -0.4 is 20.5 Å². The number of methoxy groups -OCH3 is 1. The summed E-state index contributed by atoms with van der Waals surface area (Å²) in [4.78, 5) is 36.7. The quantitative estimate of drug-likeness (QED) is 0.480. The number of hydrogen-bond donors (Lipinski definition) is 2. The van der Waals surface area contributed by atoms with Crippen LogP contribution in [0.3, 0.4) is 0 Å². The number of nitrogens with two attached hydrogens (primary N) is 1. The van der Waals surface area contributed by atoms with Crippen LogP contribution >= 0.6 is 11.6 Å². The summed E-state index contributed by atoms with van der Waals surface area (Å²) in [7, 11) is 3.37. The van der Waals surface area contributed by atoms with Gasteiger partial charge in [-0.25, -0.2) is 14.4 Å². The van der Waals surface area contributed by atoms with Crippen LogP contribution in [-0.2, 0) is 9.59 Å². The summed E-state index contributed by atoms with van der Waals surface area (Å²) in [5, 5.41) is 3.55. The van der Waals surface area contributed by atoms with Gasteiger partial charge in [0.05, 0.1) is 29.4 Å². The van der Waals surface area contributed by atoms with Crippen molar-refractivity contribution in [3.63, 3.8) is 0 Å². The van der Waals surface area contributed by atoms with E-state index in [9.17, 15) is 14.0 Å². The zero-order chi connectivity index (χ0) is 26.3. The first-order valence-electron chi connectivity index (χ1n) is 11.8. The van der Waals surface area contributed by atoms with Crippen molar-refractivity contribution in [3.05, 3.63) is 47.5 Å². The molecule has 0 bridgehead atoms. The molecule has 0 saturated carbocycles. The fourth-order valence-electron chi connectivity index (χ4n) is 4.79. The van der Waals surface area contributed by atoms with Crippen LogP contribution in [0.25, 0.3) is 10.9 Å². The van der Waals surface area contributed by atoms with E-state index in [2.05, 4.69) is 15.3 Å². The van der Waals surface area contributed by atoms with Gasteiger partial charge in [-0.15, -0.1) is 0 Å². The zero-order valence-electron chi connectivity index (χ0n) is 20.3. The van der Waals surface area contributed by atoms with Gasteiger partial charge in [-0.2, -0.15) is 0 Å². The minimum Gasteiger partial charge on any atom is -0.493 e. The maximum absolute atomic E-state index is 14.5. The standard InChI is InChI=1S/C25H26ClFN6O4/c1-32-11-13(8-19(32)25(35)33-7-6-18(33)23(28)34)37-21-9-14-17(10-20(21)36-2)29-12-30-24(14)31-16-5-3-4-15(26)22(16)27/h3-5,9-10,12-13,18-19H,6-8,11H2,1-2H3,(H2,28,34)(H,29,30,31)/t13-,18?,19-/m0/s1. The van der Waals surface area contributed by atoms with Gasteiger partial charge >= 0.3 is 0 Å². The first kappa shape index (κ1) is 25.0. The second kappa shape index (κ2) is 9.98. The fourth-order valence-corrected chi connectivity index (χ4v) is 4.96. The molecule has 3 aromatic rings. The molecule has 0 radical (unpaired) electrons. The number of aromatic nitrogens is 2. The van der Waals surface area contributed by atoms with Crippen LogP contribution in [0, 0.1) is 5.82 Å². The summed E-state index contributed by atoms with van der Waals surface area (Å²) in [5.41, 5.74) is 6.15. The molecular formula is C25H26ClFN6O4. The first-order valence-corrected chi connectivity index (χ1v) is 12.1. The number of anilines is 2. The lowest BCUT2D eigenvalue weighted by atomic mass is 10.00. The molecule has 5 rings (SSSR count). The zero-order valence-corrected chi connectivity index (χ0v) is 21.0. The van der Waals surface area contributed by atoms with Gasteiger partial charge in [-0.3, -0.25) is 14.5 Å². The number of amides is 2. The Morgan fingerprint density at radius 2 is 2.03 bits per heavy atom. The van der Waals surface area contributed by atoms with Crippen molar-refractivity contribution < 1.29 is 23.5 Å². The molecule has 3 N–H and O–H groups in total. The van der Waals surface area contributed by atoms with E-state index in [-0.39, 0.29) is 22.7 Å². The van der Waals surface area contributed by atoms with E-state index in [0.29, 0.717) is 54.2 Å². The third-order valence-corrected chi connectivity index (χ3v) is 7.14. The fraction of sp³-hybridized carbons (Fsp3) is 0.360. The van der Waals surface area contributed by atoms with Gasteiger partial charge in [0, 0.05) is 31.0 Å². The van der Waals surface area contributed by atoms with Crippen LogP contribution in [0.15, 0.2) is 36.7 Å². The van der Waals surface area contributed by atoms with Gasteiger partial charge in [0.15, 0.2) is 17.3 Å². The lowest BCUT2D eigenvalue weighted by Crippen LogP contribution is -2.60. The van der Waals surface area contributed by atoms with E-state index in [4.69, 9.17) is 26.8 Å². The van der Waals surface area contributed by atoms with E-state index in [0.717, 1.165) is 0 Å². The molecule has 1 unspecified atom stereocenters. The van der Waals surface area contributed by atoms with E-state index in [1.54, 1.807) is 24.3 Å². The number of carbonyl (C=O) groups is 2. The van der Waals surface area contributed by atoms with Crippen molar-refractivity contribution in [1.29, 1.82) is 0 Å². The number of benzene rings is 2. The first-order chi connectivity index (χ1) is 17.8. The molecule has 10 nitrogen and oxygen atoms in total. The molecular weight excluding hydrogens is 503 g/mol. The summed E-state index contributed by atoms with van der Waals surface area (Å²) in [5.74, 6) is 0.0534. The molecule has 0 aliphatic carbocycles. The molecule has 2 saturated heterocycles. The Hall–Kier alpha value is -3.70. The van der Waals surface area contributed by atoms with Gasteiger partial charge in [0.2, 0.25) is 11.8 Å². The topological polar surface area (TPSA) is 123 Å². The maximum Gasteiger partial charge on any atom is 0.240 e. The molecule has 2 aromatic carbocycles. The number of rotatable bonds is 7. The Kier molecular flexibility index (Phi) is 6.74. The smallest absolute Gasteiger partial charge is 0.240 e. The predicted octanol–water partition coefficient (Wildman–Crippen LogP) is 2.71. The van der Waals surface area contributed by atoms with E-state index in [1.807, 2.05) is 11.9 Å². The average Bonchev–Trinajstić information content (AvgIpc) is 3.20. The van der Waals surface area contributed by atoms with E-state index >= 15 is 0 Å². The highest BCUT2D eigenvalue weighted by Gasteiger charge is 2.44. The molecule has 2 fully saturated rings. The van der Waals surface area contributed by atoms with Gasteiger partial charge in [-0.1, -0.05) is 17.7 Å². The van der Waals surface area contributed by atoms with Crippen molar-refractivity contribution in [2.24, 2.45) is 5.73 Å². The Balaban J connectivity index is 1.39. The molecule has 3 heterocycles. The normalized spacial score (nSPS) is 21.5. The van der Waals surface area contributed by atoms with Crippen molar-refractivity contribution >= 4 is 45.8 Å². The molecule has 0 spiro atoms. The number of primary amides is 1. The third-order valence-electron chi connectivity index (χ3n) is 6.85. The van der Waals surface area contributed by atoms with Crippen LogP contribution in [-0.4, -0.2) is 77.0 Å². The number of ether oxygens (including phenoxy) is 2. The molecule has 1 aromatic heterocycles. The molecule has 37 heavy (non-hydrogen) atoms. The lowest BCUT2D eigenvalue weighted by molar-refractivity contribution is -0.149.